The van der Waals surface area contributed by atoms with Gasteiger partial charge in [-0.15, -0.1) is 0 Å². The first-order valence-electron chi connectivity index (χ1n) is 13.7. The largest absolute Gasteiger partial charge is 0.383 e. The van der Waals surface area contributed by atoms with Gasteiger partial charge >= 0.3 is 0 Å². The van der Waals surface area contributed by atoms with Crippen LogP contribution in [0.3, 0.4) is 0 Å². The van der Waals surface area contributed by atoms with E-state index in [0.29, 0.717) is 11.3 Å². The first-order valence-corrected chi connectivity index (χ1v) is 13.7. The quantitative estimate of drug-likeness (QED) is 0.128. The number of ketones is 2. The molecule has 1 unspecified atom stereocenters. The molecule has 0 radical (unpaired) electrons. The van der Waals surface area contributed by atoms with Crippen molar-refractivity contribution in [2.45, 2.75) is 67.2 Å². The standard InChI is InChI=1S/C22H21F2N3O.C8H18.C4H6O/c1-5-27-22(25)19(13(2)3)20(26-4)17-11-8-15(12-18(17)24)21(28)14-6-9-16(23)10-7-14;1-4-6-7-8(3)5-2;1-3-4(2)5/h5-12H,1H2,2-4H3,(H2,25,27);8H,4-7H2,1-3H3;3H,1H2,2H3. The topological polar surface area (TPSA) is 84.9 Å². The number of carbonyl (C=O) groups excluding carboxylic acids is 2. The van der Waals surface area contributed by atoms with Crippen molar-refractivity contribution >= 4 is 23.1 Å². The van der Waals surface area contributed by atoms with Crippen LogP contribution in [0.25, 0.3) is 0 Å². The summed E-state index contributed by atoms with van der Waals surface area (Å²) in [5.41, 5.74) is 8.22. The van der Waals surface area contributed by atoms with E-state index in [1.54, 1.807) is 0 Å². The molecule has 2 aromatic carbocycles. The summed E-state index contributed by atoms with van der Waals surface area (Å²) >= 11 is 0. The average molecular weight is 566 g/mol. The second kappa shape index (κ2) is 20.0. The Hall–Kier alpha value is -4.00. The molecule has 0 saturated carbocycles. The van der Waals surface area contributed by atoms with E-state index in [2.05, 4.69) is 43.9 Å². The minimum Gasteiger partial charge on any atom is -0.383 e. The van der Waals surface area contributed by atoms with Crippen molar-refractivity contribution in [3.63, 3.8) is 0 Å². The number of halogens is 2. The summed E-state index contributed by atoms with van der Waals surface area (Å²) in [6.45, 7) is 18.7. The highest BCUT2D eigenvalue weighted by Gasteiger charge is 2.20. The number of hydrogen-bond donors (Lipinski definition) is 1. The van der Waals surface area contributed by atoms with Crippen molar-refractivity contribution in [1.82, 2.24) is 0 Å². The molecule has 0 bridgehead atoms. The molecule has 0 spiro atoms. The minimum atomic E-state index is -0.626. The first-order chi connectivity index (χ1) is 19.4. The third-order valence-corrected chi connectivity index (χ3v) is 6.07. The summed E-state index contributed by atoms with van der Waals surface area (Å²) in [7, 11) is 1.52. The summed E-state index contributed by atoms with van der Waals surface area (Å²) in [5, 5.41) is 0. The second-order valence-electron chi connectivity index (χ2n) is 9.65. The van der Waals surface area contributed by atoms with Crippen LogP contribution in [-0.2, 0) is 4.79 Å². The number of rotatable bonds is 11. The molecule has 222 valence electrons. The summed E-state index contributed by atoms with van der Waals surface area (Å²) in [5.74, 6) is -0.342. The lowest BCUT2D eigenvalue weighted by Gasteiger charge is -2.14. The van der Waals surface area contributed by atoms with E-state index in [1.165, 1.54) is 88.3 Å². The number of amidine groups is 1. The molecule has 2 aromatic rings. The number of nitrogens with two attached hydrogens (primary N) is 1. The number of carbonyl (C=O) groups is 2. The van der Waals surface area contributed by atoms with Crippen LogP contribution in [-0.4, -0.2) is 30.2 Å². The van der Waals surface area contributed by atoms with Gasteiger partial charge in [-0.05, 0) is 69.2 Å². The SMILES string of the molecule is C=CC(C)=O.C=CN=C(N)C(C(=NC)c1ccc(C(=O)c2ccc(F)cc2)cc1F)=C(C)C.CCCCC(C)CC. The fraction of sp³-hybridized carbons (Fsp3) is 0.353. The number of allylic oxidation sites excluding steroid dienone is 2. The molecule has 7 heteroatoms. The predicted octanol–water partition coefficient (Wildman–Crippen LogP) is 8.44. The summed E-state index contributed by atoms with van der Waals surface area (Å²) in [4.78, 5) is 30.4. The minimum absolute atomic E-state index is 0.0185. The maximum Gasteiger partial charge on any atom is 0.193 e. The van der Waals surface area contributed by atoms with Gasteiger partial charge in [-0.1, -0.05) is 71.3 Å². The maximum absolute atomic E-state index is 14.9. The molecule has 41 heavy (non-hydrogen) atoms. The number of hydrogen-bond acceptors (Lipinski definition) is 4. The third kappa shape index (κ3) is 13.3. The van der Waals surface area contributed by atoms with Gasteiger partial charge in [-0.3, -0.25) is 14.6 Å². The molecule has 0 heterocycles. The Labute approximate surface area is 244 Å². The van der Waals surface area contributed by atoms with E-state index in [4.69, 9.17) is 5.73 Å². The van der Waals surface area contributed by atoms with Gasteiger partial charge in [0.25, 0.3) is 0 Å². The maximum atomic E-state index is 14.9. The third-order valence-electron chi connectivity index (χ3n) is 6.07. The molecule has 0 aliphatic heterocycles. The van der Waals surface area contributed by atoms with E-state index in [0.717, 1.165) is 17.6 Å². The Balaban J connectivity index is 0.00000102. The van der Waals surface area contributed by atoms with Gasteiger partial charge in [-0.25, -0.2) is 13.8 Å². The van der Waals surface area contributed by atoms with Crippen LogP contribution in [0.2, 0.25) is 0 Å². The van der Waals surface area contributed by atoms with Crippen LogP contribution in [0.5, 0.6) is 0 Å². The zero-order chi connectivity index (χ0) is 31.5. The second-order valence-corrected chi connectivity index (χ2v) is 9.65. The fourth-order valence-electron chi connectivity index (χ4n) is 3.52. The molecule has 5 nitrogen and oxygen atoms in total. The Bertz CT molecular complexity index is 1260. The van der Waals surface area contributed by atoms with Crippen molar-refractivity contribution < 1.29 is 18.4 Å². The highest BCUT2D eigenvalue weighted by atomic mass is 19.1. The van der Waals surface area contributed by atoms with E-state index in [1.807, 2.05) is 13.8 Å². The molecule has 0 aliphatic carbocycles. The molecule has 0 fully saturated rings. The van der Waals surface area contributed by atoms with Crippen LogP contribution in [0, 0.1) is 17.6 Å². The predicted molar refractivity (Wildman–Crippen MR) is 169 cm³/mol. The highest BCUT2D eigenvalue weighted by molar-refractivity contribution is 6.29. The van der Waals surface area contributed by atoms with Crippen molar-refractivity contribution in [3.05, 3.63) is 107 Å². The van der Waals surface area contributed by atoms with Crippen LogP contribution >= 0.6 is 0 Å². The number of aliphatic imine (C=N–C) groups is 2. The fourth-order valence-corrected chi connectivity index (χ4v) is 3.52. The Kier molecular flexibility index (Phi) is 18.0. The molecular weight excluding hydrogens is 520 g/mol. The molecule has 0 aromatic heterocycles. The lowest BCUT2D eigenvalue weighted by Crippen LogP contribution is -2.24. The van der Waals surface area contributed by atoms with Gasteiger partial charge in [0.2, 0.25) is 0 Å². The Morgan fingerprint density at radius 3 is 1.98 bits per heavy atom. The Morgan fingerprint density at radius 2 is 1.56 bits per heavy atom. The van der Waals surface area contributed by atoms with Gasteiger partial charge in [-0.2, -0.15) is 0 Å². The molecule has 2 rings (SSSR count). The highest BCUT2D eigenvalue weighted by Crippen LogP contribution is 2.20. The summed E-state index contributed by atoms with van der Waals surface area (Å²) < 4.78 is 27.9. The lowest BCUT2D eigenvalue weighted by atomic mass is 9.94. The zero-order valence-corrected chi connectivity index (χ0v) is 25.6. The monoisotopic (exact) mass is 565 g/mol. The smallest absolute Gasteiger partial charge is 0.193 e. The molecule has 0 aliphatic rings. The number of benzene rings is 2. The molecular formula is C34H45F2N3O2. The zero-order valence-electron chi connectivity index (χ0n) is 25.6. The van der Waals surface area contributed by atoms with E-state index in [-0.39, 0.29) is 28.3 Å². The normalized spacial score (nSPS) is 11.6. The van der Waals surface area contributed by atoms with Gasteiger partial charge in [0.15, 0.2) is 11.6 Å². The number of unbranched alkanes of at least 4 members (excludes halogenated alkanes) is 1. The van der Waals surface area contributed by atoms with E-state index >= 15 is 0 Å². The van der Waals surface area contributed by atoms with Crippen molar-refractivity contribution in [2.24, 2.45) is 21.6 Å². The summed E-state index contributed by atoms with van der Waals surface area (Å²) in [6.07, 6.45) is 8.11. The van der Waals surface area contributed by atoms with Gasteiger partial charge in [0.1, 0.15) is 17.5 Å². The first kappa shape index (κ1) is 37.0. The van der Waals surface area contributed by atoms with Crippen molar-refractivity contribution in [1.29, 1.82) is 0 Å². The van der Waals surface area contributed by atoms with Crippen LogP contribution in [0.1, 0.15) is 88.7 Å². The molecule has 1 atom stereocenters. The molecule has 2 N–H and O–H groups in total. The van der Waals surface area contributed by atoms with Crippen LogP contribution in [0.4, 0.5) is 8.78 Å². The van der Waals surface area contributed by atoms with E-state index in [9.17, 15) is 18.4 Å². The number of nitrogens with zero attached hydrogens (tertiary/aromatic N) is 2. The van der Waals surface area contributed by atoms with Gasteiger partial charge in [0.05, 0.1) is 5.71 Å². The molecule has 0 saturated heterocycles. The van der Waals surface area contributed by atoms with E-state index < -0.39 is 17.4 Å². The van der Waals surface area contributed by atoms with Gasteiger partial charge < -0.3 is 5.73 Å². The van der Waals surface area contributed by atoms with Crippen molar-refractivity contribution in [3.8, 4) is 0 Å². The van der Waals surface area contributed by atoms with Crippen LogP contribution < -0.4 is 5.73 Å². The van der Waals surface area contributed by atoms with Crippen LogP contribution in [0.15, 0.2) is 89.0 Å². The lowest BCUT2D eigenvalue weighted by molar-refractivity contribution is -0.112. The van der Waals surface area contributed by atoms with Crippen molar-refractivity contribution in [2.75, 3.05) is 7.05 Å². The van der Waals surface area contributed by atoms with Gasteiger partial charge in [0, 0.05) is 35.5 Å². The Morgan fingerprint density at radius 1 is 1.00 bits per heavy atom. The molecule has 0 amide bonds. The average Bonchev–Trinajstić information content (AvgIpc) is 2.95. The summed E-state index contributed by atoms with van der Waals surface area (Å²) in [6, 6.07) is 9.18.